The Balaban J connectivity index is 1.99. The van der Waals surface area contributed by atoms with E-state index < -0.39 is 52.8 Å². The first-order valence-electron chi connectivity index (χ1n) is 13.1. The van der Waals surface area contributed by atoms with Gasteiger partial charge < -0.3 is 15.7 Å². The molecule has 0 unspecified atom stereocenters. The summed E-state index contributed by atoms with van der Waals surface area (Å²) in [7, 11) is -10.8. The van der Waals surface area contributed by atoms with Gasteiger partial charge in [0.2, 0.25) is 0 Å². The summed E-state index contributed by atoms with van der Waals surface area (Å²) < 4.78 is 94.4. The number of sulfone groups is 1. The van der Waals surface area contributed by atoms with Gasteiger partial charge in [0.1, 0.15) is 4.90 Å². The first kappa shape index (κ1) is 34.4. The lowest BCUT2D eigenvalue weighted by molar-refractivity contribution is -0.0435. The quantitative estimate of drug-likeness (QED) is 0.139. The summed E-state index contributed by atoms with van der Waals surface area (Å²) in [6.45, 7) is 2.69. The standard InChI is InChI=1S/C28H32F3N3O6S3/c1-20(18-32-15-8-16-35)25(19-41-22-11-6-3-7-12-22)33-24-14-13-23(17-26(24)42(37,38)28(29,30)31)43(39,40)34-27(36)21-9-4-2-5-10-21/h2-7,9-14,17,20,25,32-33,35H,8,15-16,18-19H2,1H3,(H,34,36)/t20-,25+/m1/s1. The number of rotatable bonds is 15. The van der Waals surface area contributed by atoms with E-state index in [9.17, 15) is 34.8 Å². The molecule has 0 saturated carbocycles. The molecule has 0 radical (unpaired) electrons. The molecule has 3 rings (SSSR count). The minimum Gasteiger partial charge on any atom is -0.396 e. The van der Waals surface area contributed by atoms with Gasteiger partial charge in [-0.25, -0.2) is 21.6 Å². The Kier molecular flexibility index (Phi) is 12.0. The number of benzene rings is 3. The Morgan fingerprint density at radius 1 is 0.953 bits per heavy atom. The number of amides is 1. The highest BCUT2D eigenvalue weighted by Gasteiger charge is 2.48. The molecule has 0 heterocycles. The van der Waals surface area contributed by atoms with Crippen LogP contribution in [-0.2, 0) is 19.9 Å². The smallest absolute Gasteiger partial charge is 0.396 e. The molecule has 0 saturated heterocycles. The summed E-state index contributed by atoms with van der Waals surface area (Å²) in [5, 5.41) is 15.1. The zero-order chi connectivity index (χ0) is 31.7. The van der Waals surface area contributed by atoms with Crippen molar-refractivity contribution >= 4 is 43.2 Å². The van der Waals surface area contributed by atoms with Crippen LogP contribution in [0, 0.1) is 5.92 Å². The largest absolute Gasteiger partial charge is 0.501 e. The normalized spacial score (nSPS) is 13.7. The highest BCUT2D eigenvalue weighted by atomic mass is 32.2. The number of thioether (sulfide) groups is 1. The number of hydrogen-bond acceptors (Lipinski definition) is 9. The van der Waals surface area contributed by atoms with Crippen molar-refractivity contribution < 1.29 is 39.9 Å². The first-order valence-corrected chi connectivity index (χ1v) is 17.0. The Bertz CT molecular complexity index is 1570. The molecule has 0 fully saturated rings. The third-order valence-corrected chi connectivity index (χ3v) is 10.3. The Morgan fingerprint density at radius 2 is 1.58 bits per heavy atom. The van der Waals surface area contributed by atoms with E-state index in [1.807, 2.05) is 37.3 Å². The number of hydrogen-bond donors (Lipinski definition) is 4. The van der Waals surface area contributed by atoms with E-state index in [1.54, 1.807) is 10.8 Å². The molecule has 9 nitrogen and oxygen atoms in total. The van der Waals surface area contributed by atoms with Crippen molar-refractivity contribution in [1.82, 2.24) is 10.0 Å². The molecule has 1 amide bonds. The number of carbonyl (C=O) groups is 1. The molecule has 43 heavy (non-hydrogen) atoms. The first-order chi connectivity index (χ1) is 20.3. The number of nitrogens with one attached hydrogen (secondary N) is 3. The van der Waals surface area contributed by atoms with Crippen LogP contribution in [0.5, 0.6) is 0 Å². The lowest BCUT2D eigenvalue weighted by atomic mass is 10.0. The minimum atomic E-state index is -6.02. The highest BCUT2D eigenvalue weighted by Crippen LogP contribution is 2.37. The summed E-state index contributed by atoms with van der Waals surface area (Å²) in [4.78, 5) is 11.2. The fraction of sp³-hybridized carbons (Fsp3) is 0.321. The van der Waals surface area contributed by atoms with E-state index in [2.05, 4.69) is 10.6 Å². The van der Waals surface area contributed by atoms with E-state index in [4.69, 9.17) is 5.11 Å². The molecule has 0 bridgehead atoms. The van der Waals surface area contributed by atoms with Gasteiger partial charge in [-0.2, -0.15) is 13.2 Å². The molecule has 3 aromatic carbocycles. The second-order valence-corrected chi connectivity index (χ2v) is 14.2. The molecule has 0 spiro atoms. The van der Waals surface area contributed by atoms with Crippen LogP contribution in [0.1, 0.15) is 23.7 Å². The average molecular weight is 660 g/mol. The van der Waals surface area contributed by atoms with Crippen molar-refractivity contribution in [3.8, 4) is 0 Å². The van der Waals surface area contributed by atoms with Crippen LogP contribution in [0.25, 0.3) is 0 Å². The van der Waals surface area contributed by atoms with Crippen LogP contribution in [0.4, 0.5) is 18.9 Å². The van der Waals surface area contributed by atoms with Gasteiger partial charge in [0.05, 0.1) is 10.6 Å². The van der Waals surface area contributed by atoms with E-state index in [1.165, 1.54) is 36.0 Å². The van der Waals surface area contributed by atoms with Crippen molar-refractivity contribution in [2.24, 2.45) is 5.92 Å². The van der Waals surface area contributed by atoms with Crippen LogP contribution in [0.15, 0.2) is 93.5 Å². The summed E-state index contributed by atoms with van der Waals surface area (Å²) in [5.74, 6) is -0.959. The number of sulfonamides is 1. The third kappa shape index (κ3) is 9.44. The van der Waals surface area contributed by atoms with Gasteiger partial charge in [-0.3, -0.25) is 4.79 Å². The zero-order valence-electron chi connectivity index (χ0n) is 23.0. The Labute approximate surface area is 253 Å². The lowest BCUT2D eigenvalue weighted by Gasteiger charge is -2.28. The number of aliphatic hydroxyl groups excluding tert-OH is 1. The fourth-order valence-electron chi connectivity index (χ4n) is 3.89. The molecule has 0 aromatic heterocycles. The maximum absolute atomic E-state index is 13.8. The van der Waals surface area contributed by atoms with Crippen LogP contribution >= 0.6 is 11.8 Å². The van der Waals surface area contributed by atoms with Gasteiger partial charge in [-0.1, -0.05) is 43.3 Å². The summed E-state index contributed by atoms with van der Waals surface area (Å²) in [6, 6.07) is 18.2. The second-order valence-electron chi connectivity index (χ2n) is 9.54. The van der Waals surface area contributed by atoms with Crippen LogP contribution in [-0.4, -0.2) is 64.8 Å². The predicted octanol–water partition coefficient (Wildman–Crippen LogP) is 4.28. The van der Waals surface area contributed by atoms with Crippen LogP contribution < -0.4 is 15.4 Å². The van der Waals surface area contributed by atoms with Crippen molar-refractivity contribution in [3.05, 3.63) is 84.4 Å². The number of anilines is 1. The summed E-state index contributed by atoms with van der Waals surface area (Å²) in [5.41, 5.74) is -6.19. The number of alkyl halides is 3. The maximum Gasteiger partial charge on any atom is 0.501 e. The highest BCUT2D eigenvalue weighted by molar-refractivity contribution is 7.99. The van der Waals surface area contributed by atoms with Crippen molar-refractivity contribution in [1.29, 1.82) is 0 Å². The van der Waals surface area contributed by atoms with E-state index in [-0.39, 0.29) is 18.1 Å². The Morgan fingerprint density at radius 3 is 2.19 bits per heavy atom. The number of halogens is 3. The molecule has 0 aliphatic rings. The number of aliphatic hydroxyl groups is 1. The van der Waals surface area contributed by atoms with Gasteiger partial charge in [0.25, 0.3) is 25.8 Å². The van der Waals surface area contributed by atoms with Crippen molar-refractivity contribution in [2.75, 3.05) is 30.8 Å². The molecule has 4 N–H and O–H groups in total. The molecule has 0 aliphatic carbocycles. The SMILES string of the molecule is C[C@H](CNCCCO)[C@H](CSc1ccccc1)Nc1ccc(S(=O)(=O)NC(=O)c2ccccc2)cc1S(=O)(=O)C(F)(F)F. The van der Waals surface area contributed by atoms with Crippen molar-refractivity contribution in [3.63, 3.8) is 0 Å². The van der Waals surface area contributed by atoms with Gasteiger partial charge in [0.15, 0.2) is 0 Å². The molecular formula is C28H32F3N3O6S3. The minimum absolute atomic E-state index is 0.0205. The third-order valence-electron chi connectivity index (χ3n) is 6.30. The van der Waals surface area contributed by atoms with E-state index in [0.717, 1.165) is 17.0 Å². The lowest BCUT2D eigenvalue weighted by Crippen LogP contribution is -2.37. The van der Waals surface area contributed by atoms with Gasteiger partial charge in [-0.05, 0) is 67.9 Å². The molecule has 15 heteroatoms. The number of carbonyl (C=O) groups excluding carboxylic acids is 1. The van der Waals surface area contributed by atoms with Crippen LogP contribution in [0.3, 0.4) is 0 Å². The Hall–Kier alpha value is -3.11. The monoisotopic (exact) mass is 659 g/mol. The predicted molar refractivity (Wildman–Crippen MR) is 159 cm³/mol. The van der Waals surface area contributed by atoms with Gasteiger partial charge in [-0.15, -0.1) is 11.8 Å². The molecular weight excluding hydrogens is 628 g/mol. The van der Waals surface area contributed by atoms with Crippen molar-refractivity contribution in [2.45, 2.75) is 39.6 Å². The van der Waals surface area contributed by atoms with E-state index >= 15 is 0 Å². The zero-order valence-corrected chi connectivity index (χ0v) is 25.5. The second kappa shape index (κ2) is 15.1. The topological polar surface area (TPSA) is 142 Å². The molecule has 3 aromatic rings. The van der Waals surface area contributed by atoms with E-state index in [0.29, 0.717) is 31.3 Å². The summed E-state index contributed by atoms with van der Waals surface area (Å²) >= 11 is 1.41. The average Bonchev–Trinajstić information content (AvgIpc) is 2.97. The van der Waals surface area contributed by atoms with Gasteiger partial charge >= 0.3 is 5.51 Å². The fourth-order valence-corrected chi connectivity index (χ4v) is 7.05. The molecule has 2 atom stereocenters. The molecule has 234 valence electrons. The summed E-state index contributed by atoms with van der Waals surface area (Å²) in [6.07, 6.45) is 0.494. The maximum atomic E-state index is 13.8. The van der Waals surface area contributed by atoms with Crippen LogP contribution in [0.2, 0.25) is 0 Å². The van der Waals surface area contributed by atoms with Gasteiger partial charge in [0, 0.05) is 28.9 Å². The molecule has 0 aliphatic heterocycles.